The van der Waals surface area contributed by atoms with Gasteiger partial charge in [-0.3, -0.25) is 4.79 Å². The van der Waals surface area contributed by atoms with Crippen molar-refractivity contribution in [2.24, 2.45) is 0 Å². The van der Waals surface area contributed by atoms with Crippen LogP contribution in [0.15, 0.2) is 46.9 Å². The third-order valence-electron chi connectivity index (χ3n) is 2.63. The smallest absolute Gasteiger partial charge is 0.289 e. The molecule has 6 heteroatoms. The molecule has 20 heavy (non-hydrogen) atoms. The van der Waals surface area contributed by atoms with Gasteiger partial charge in [0.25, 0.3) is 0 Å². The van der Waals surface area contributed by atoms with Gasteiger partial charge in [-0.15, -0.1) is 0 Å². The summed E-state index contributed by atoms with van der Waals surface area (Å²) in [7, 11) is 0. The van der Waals surface area contributed by atoms with Gasteiger partial charge in [0.1, 0.15) is 0 Å². The van der Waals surface area contributed by atoms with E-state index in [1.54, 1.807) is 6.07 Å². The van der Waals surface area contributed by atoms with Crippen LogP contribution in [-0.4, -0.2) is 5.78 Å². The largest absolute Gasteiger partial charge is 0.416 e. The summed E-state index contributed by atoms with van der Waals surface area (Å²) in [5, 5.41) is 0.190. The van der Waals surface area contributed by atoms with E-state index in [1.807, 2.05) is 0 Å². The first-order valence-corrected chi connectivity index (χ1v) is 6.63. The molecule has 0 saturated heterocycles. The number of hydrogen-bond acceptors (Lipinski definition) is 1. The van der Waals surface area contributed by atoms with E-state index in [4.69, 9.17) is 11.6 Å². The maximum absolute atomic E-state index is 12.6. The van der Waals surface area contributed by atoms with Crippen LogP contribution in [0, 0.1) is 0 Å². The molecule has 0 radical (unpaired) electrons. The molecular weight excluding hydrogens is 357 g/mol. The van der Waals surface area contributed by atoms with Gasteiger partial charge in [-0.05, 0) is 30.3 Å². The summed E-state index contributed by atoms with van der Waals surface area (Å²) in [5.41, 5.74) is -0.769. The maximum Gasteiger partial charge on any atom is 0.416 e. The summed E-state index contributed by atoms with van der Waals surface area (Å²) in [6.45, 7) is 0. The van der Waals surface area contributed by atoms with E-state index in [0.29, 0.717) is 4.47 Å². The summed E-state index contributed by atoms with van der Waals surface area (Å²) in [4.78, 5) is 12.2. The molecular formula is C14H7BrClF3O. The number of halogens is 5. The third kappa shape index (κ3) is 3.22. The van der Waals surface area contributed by atoms with E-state index in [9.17, 15) is 18.0 Å². The lowest BCUT2D eigenvalue weighted by molar-refractivity contribution is -0.137. The average molecular weight is 364 g/mol. The Labute approximate surface area is 126 Å². The molecule has 0 heterocycles. The van der Waals surface area contributed by atoms with Crippen LogP contribution in [-0.2, 0) is 6.18 Å². The Bertz CT molecular complexity index is 668. The van der Waals surface area contributed by atoms with Gasteiger partial charge in [0.2, 0.25) is 0 Å². The highest BCUT2D eigenvalue weighted by Crippen LogP contribution is 2.31. The van der Waals surface area contributed by atoms with Crippen molar-refractivity contribution in [3.05, 3.63) is 68.7 Å². The number of ketones is 1. The molecule has 0 bridgehead atoms. The van der Waals surface area contributed by atoms with Crippen LogP contribution in [0.3, 0.4) is 0 Å². The monoisotopic (exact) mass is 362 g/mol. The number of rotatable bonds is 2. The normalized spacial score (nSPS) is 11.4. The molecule has 0 N–H and O–H groups in total. The predicted octanol–water partition coefficient (Wildman–Crippen LogP) is 5.35. The van der Waals surface area contributed by atoms with E-state index in [0.717, 1.165) is 12.1 Å². The van der Waals surface area contributed by atoms with E-state index in [2.05, 4.69) is 15.9 Å². The number of carbonyl (C=O) groups is 1. The molecule has 2 aromatic rings. The van der Waals surface area contributed by atoms with Crippen molar-refractivity contribution in [1.29, 1.82) is 0 Å². The topological polar surface area (TPSA) is 17.1 Å². The number of alkyl halides is 3. The molecule has 0 aromatic heterocycles. The molecule has 0 fully saturated rings. The van der Waals surface area contributed by atoms with E-state index in [-0.39, 0.29) is 16.1 Å². The van der Waals surface area contributed by atoms with E-state index >= 15 is 0 Å². The van der Waals surface area contributed by atoms with Gasteiger partial charge >= 0.3 is 6.18 Å². The minimum absolute atomic E-state index is 0.0557. The summed E-state index contributed by atoms with van der Waals surface area (Å²) >= 11 is 9.10. The fourth-order valence-corrected chi connectivity index (χ4v) is 2.23. The lowest BCUT2D eigenvalue weighted by Crippen LogP contribution is -2.08. The summed E-state index contributed by atoms with van der Waals surface area (Å²) in [6, 6.07) is 8.89. The van der Waals surface area contributed by atoms with E-state index < -0.39 is 17.5 Å². The van der Waals surface area contributed by atoms with Gasteiger partial charge in [-0.2, -0.15) is 13.2 Å². The standard InChI is InChI=1S/C14H7BrClF3O/c15-10-4-5-12(16)11(7-10)13(20)8-2-1-3-9(6-8)14(17,18)19/h1-7H. The first-order chi connectivity index (χ1) is 9.29. The molecule has 0 atom stereocenters. The highest BCUT2D eigenvalue weighted by molar-refractivity contribution is 9.10. The highest BCUT2D eigenvalue weighted by Gasteiger charge is 2.31. The van der Waals surface area contributed by atoms with Crippen molar-refractivity contribution in [2.45, 2.75) is 6.18 Å². The van der Waals surface area contributed by atoms with Gasteiger partial charge in [-0.25, -0.2) is 0 Å². The second-order valence-electron chi connectivity index (χ2n) is 4.03. The lowest BCUT2D eigenvalue weighted by Gasteiger charge is -2.09. The van der Waals surface area contributed by atoms with E-state index in [1.165, 1.54) is 24.3 Å². The first-order valence-electron chi connectivity index (χ1n) is 5.46. The predicted molar refractivity (Wildman–Crippen MR) is 74.0 cm³/mol. The van der Waals surface area contributed by atoms with Crippen molar-refractivity contribution in [1.82, 2.24) is 0 Å². The Morgan fingerprint density at radius 3 is 2.45 bits per heavy atom. The molecule has 0 aliphatic heterocycles. The number of carbonyl (C=O) groups excluding carboxylic acids is 1. The van der Waals surface area contributed by atoms with Crippen LogP contribution >= 0.6 is 27.5 Å². The maximum atomic E-state index is 12.6. The number of benzene rings is 2. The second-order valence-corrected chi connectivity index (χ2v) is 5.35. The minimum atomic E-state index is -4.49. The quantitative estimate of drug-likeness (QED) is 0.657. The molecule has 1 nitrogen and oxygen atoms in total. The minimum Gasteiger partial charge on any atom is -0.289 e. The SMILES string of the molecule is O=C(c1cccc(C(F)(F)F)c1)c1cc(Br)ccc1Cl. The van der Waals surface area contributed by atoms with Crippen molar-refractivity contribution in [3.8, 4) is 0 Å². The Morgan fingerprint density at radius 2 is 1.80 bits per heavy atom. The summed E-state index contributed by atoms with van der Waals surface area (Å²) in [6.07, 6.45) is -4.49. The van der Waals surface area contributed by atoms with Crippen LogP contribution in [0.1, 0.15) is 21.5 Å². The first kappa shape index (κ1) is 15.1. The molecule has 0 spiro atoms. The zero-order chi connectivity index (χ0) is 14.9. The lowest BCUT2D eigenvalue weighted by atomic mass is 10.0. The number of hydrogen-bond donors (Lipinski definition) is 0. The van der Waals surface area contributed by atoms with Gasteiger partial charge in [0.15, 0.2) is 5.78 Å². The molecule has 2 rings (SSSR count). The van der Waals surface area contributed by atoms with Crippen LogP contribution in [0.25, 0.3) is 0 Å². The highest BCUT2D eigenvalue weighted by atomic mass is 79.9. The van der Waals surface area contributed by atoms with Gasteiger partial charge in [0.05, 0.1) is 10.6 Å². The molecule has 0 unspecified atom stereocenters. The second kappa shape index (κ2) is 5.58. The Kier molecular flexibility index (Phi) is 4.20. The summed E-state index contributed by atoms with van der Waals surface area (Å²) in [5.74, 6) is -0.553. The average Bonchev–Trinajstić information content (AvgIpc) is 2.40. The van der Waals surface area contributed by atoms with Crippen LogP contribution in [0.5, 0.6) is 0 Å². The van der Waals surface area contributed by atoms with Gasteiger partial charge < -0.3 is 0 Å². The molecule has 0 aliphatic rings. The third-order valence-corrected chi connectivity index (χ3v) is 3.45. The molecule has 0 saturated carbocycles. The molecule has 0 amide bonds. The summed E-state index contributed by atoms with van der Waals surface area (Å²) < 4.78 is 38.5. The molecule has 104 valence electrons. The fourth-order valence-electron chi connectivity index (χ4n) is 1.66. The zero-order valence-corrected chi connectivity index (χ0v) is 12.2. The fraction of sp³-hybridized carbons (Fsp3) is 0.0714. The molecule has 0 aliphatic carbocycles. The Morgan fingerprint density at radius 1 is 1.10 bits per heavy atom. The Hall–Kier alpha value is -1.33. The van der Waals surface area contributed by atoms with Crippen molar-refractivity contribution in [3.63, 3.8) is 0 Å². The molecule has 2 aromatic carbocycles. The van der Waals surface area contributed by atoms with Crippen LogP contribution in [0.4, 0.5) is 13.2 Å². The Balaban J connectivity index is 2.46. The van der Waals surface area contributed by atoms with Gasteiger partial charge in [0, 0.05) is 15.6 Å². The van der Waals surface area contributed by atoms with Crippen molar-refractivity contribution in [2.75, 3.05) is 0 Å². The van der Waals surface area contributed by atoms with Crippen LogP contribution < -0.4 is 0 Å². The zero-order valence-electron chi connectivity index (χ0n) is 9.84. The van der Waals surface area contributed by atoms with Crippen molar-refractivity contribution >= 4 is 33.3 Å². The van der Waals surface area contributed by atoms with Crippen LogP contribution in [0.2, 0.25) is 5.02 Å². The van der Waals surface area contributed by atoms with Crippen molar-refractivity contribution < 1.29 is 18.0 Å². The van der Waals surface area contributed by atoms with Gasteiger partial charge in [-0.1, -0.05) is 39.7 Å².